The zero-order chi connectivity index (χ0) is 20.2. The summed E-state index contributed by atoms with van der Waals surface area (Å²) in [4.78, 5) is 12.7. The summed E-state index contributed by atoms with van der Waals surface area (Å²) < 4.78 is 28.0. The fourth-order valence-electron chi connectivity index (χ4n) is 3.03. The van der Waals surface area contributed by atoms with Crippen molar-refractivity contribution in [2.45, 2.75) is 45.6 Å². The van der Waals surface area contributed by atoms with Crippen molar-refractivity contribution in [2.75, 3.05) is 4.72 Å². The van der Waals surface area contributed by atoms with Gasteiger partial charge in [0.2, 0.25) is 0 Å². The minimum Gasteiger partial charge on any atom is -0.349 e. The van der Waals surface area contributed by atoms with Gasteiger partial charge in [-0.3, -0.25) is 9.52 Å². The highest BCUT2D eigenvalue weighted by Crippen LogP contribution is 2.20. The molecular weight excluding hydrogens is 360 g/mol. The maximum atomic E-state index is 12.7. The molecule has 0 aliphatic heterocycles. The number of para-hydroxylation sites is 1. The van der Waals surface area contributed by atoms with Crippen molar-refractivity contribution in [3.63, 3.8) is 0 Å². The maximum Gasteiger partial charge on any atom is 0.261 e. The monoisotopic (exact) mass is 388 g/mol. The number of hydrogen-bond donors (Lipinski definition) is 2. The van der Waals surface area contributed by atoms with Crippen molar-refractivity contribution in [3.05, 3.63) is 59.7 Å². The standard InChI is InChI=1S/C21H28N2O3S/c1-14(2)20(15(3)4)22-21(24)17-10-8-11-18(13-17)27(25,26)23-19-12-7-6-9-16(19)5/h6-15,20,23H,1-5H3,(H,22,24). The fourth-order valence-corrected chi connectivity index (χ4v) is 4.21. The SMILES string of the molecule is Cc1ccccc1NS(=O)(=O)c1cccc(C(=O)NC(C(C)C)C(C)C)c1. The average molecular weight is 389 g/mol. The number of anilines is 1. The topological polar surface area (TPSA) is 75.3 Å². The first-order chi connectivity index (χ1) is 12.6. The molecule has 5 nitrogen and oxygen atoms in total. The first kappa shape index (κ1) is 21.0. The minimum atomic E-state index is -3.78. The molecule has 27 heavy (non-hydrogen) atoms. The van der Waals surface area contributed by atoms with Crippen LogP contribution in [0, 0.1) is 18.8 Å². The summed E-state index contributed by atoms with van der Waals surface area (Å²) in [5, 5.41) is 3.02. The van der Waals surface area contributed by atoms with Crippen molar-refractivity contribution in [2.24, 2.45) is 11.8 Å². The summed E-state index contributed by atoms with van der Waals surface area (Å²) in [7, 11) is -3.78. The van der Waals surface area contributed by atoms with Gasteiger partial charge in [0.25, 0.3) is 15.9 Å². The third-order valence-corrected chi connectivity index (χ3v) is 5.89. The molecule has 0 atom stereocenters. The highest BCUT2D eigenvalue weighted by molar-refractivity contribution is 7.92. The van der Waals surface area contributed by atoms with Crippen molar-refractivity contribution in [1.29, 1.82) is 0 Å². The minimum absolute atomic E-state index is 0.0165. The van der Waals surface area contributed by atoms with Gasteiger partial charge < -0.3 is 5.32 Å². The van der Waals surface area contributed by atoms with Crippen molar-refractivity contribution < 1.29 is 13.2 Å². The van der Waals surface area contributed by atoms with E-state index in [2.05, 4.69) is 37.7 Å². The van der Waals surface area contributed by atoms with Crippen LogP contribution < -0.4 is 10.0 Å². The molecule has 6 heteroatoms. The molecule has 0 saturated carbocycles. The molecule has 0 aliphatic carbocycles. The third kappa shape index (κ3) is 5.32. The Bertz CT molecular complexity index is 897. The number of sulfonamides is 1. The molecule has 0 unspecified atom stereocenters. The van der Waals surface area contributed by atoms with E-state index in [1.165, 1.54) is 12.1 Å². The number of benzene rings is 2. The van der Waals surface area contributed by atoms with Crippen LogP contribution in [0.4, 0.5) is 5.69 Å². The summed E-state index contributed by atoms with van der Waals surface area (Å²) in [5.74, 6) is 0.294. The smallest absolute Gasteiger partial charge is 0.261 e. The van der Waals surface area contributed by atoms with E-state index in [1.54, 1.807) is 24.3 Å². The van der Waals surface area contributed by atoms with Crippen LogP contribution in [0.25, 0.3) is 0 Å². The van der Waals surface area contributed by atoms with E-state index in [0.29, 0.717) is 11.3 Å². The van der Waals surface area contributed by atoms with E-state index < -0.39 is 10.0 Å². The molecule has 0 radical (unpaired) electrons. The molecule has 0 aromatic heterocycles. The van der Waals surface area contributed by atoms with Gasteiger partial charge in [0.1, 0.15) is 0 Å². The molecule has 0 fully saturated rings. The Labute approximate surface area is 162 Å². The van der Waals surface area contributed by atoms with E-state index >= 15 is 0 Å². The number of amides is 1. The number of carbonyl (C=O) groups excluding carboxylic acids is 1. The fraction of sp³-hybridized carbons (Fsp3) is 0.381. The van der Waals surface area contributed by atoms with E-state index in [4.69, 9.17) is 0 Å². The molecule has 2 aromatic rings. The summed E-state index contributed by atoms with van der Waals surface area (Å²) in [6, 6.07) is 13.3. The summed E-state index contributed by atoms with van der Waals surface area (Å²) in [6.45, 7) is 10.0. The van der Waals surface area contributed by atoms with Crippen LogP contribution in [-0.4, -0.2) is 20.4 Å². The highest BCUT2D eigenvalue weighted by Gasteiger charge is 2.22. The van der Waals surface area contributed by atoms with Crippen LogP contribution in [0.1, 0.15) is 43.6 Å². The van der Waals surface area contributed by atoms with Gasteiger partial charge in [-0.2, -0.15) is 0 Å². The maximum absolute atomic E-state index is 12.7. The number of nitrogens with one attached hydrogen (secondary N) is 2. The molecule has 0 aliphatic rings. The van der Waals surface area contributed by atoms with Crippen molar-refractivity contribution in [1.82, 2.24) is 5.32 Å². The molecule has 2 aromatic carbocycles. The van der Waals surface area contributed by atoms with Gasteiger partial charge in [-0.25, -0.2) is 8.42 Å². The highest BCUT2D eigenvalue weighted by atomic mass is 32.2. The second-order valence-corrected chi connectivity index (χ2v) is 9.12. The van der Waals surface area contributed by atoms with Gasteiger partial charge in [0, 0.05) is 11.6 Å². The van der Waals surface area contributed by atoms with Gasteiger partial charge in [0.15, 0.2) is 0 Å². The largest absolute Gasteiger partial charge is 0.349 e. The Hall–Kier alpha value is -2.34. The average Bonchev–Trinajstić information content (AvgIpc) is 2.61. The number of carbonyl (C=O) groups is 1. The van der Waals surface area contributed by atoms with E-state index in [-0.39, 0.29) is 28.7 Å². The quantitative estimate of drug-likeness (QED) is 0.746. The summed E-state index contributed by atoms with van der Waals surface area (Å²) >= 11 is 0. The van der Waals surface area contributed by atoms with Gasteiger partial charge in [-0.05, 0) is 48.6 Å². The van der Waals surface area contributed by atoms with Crippen LogP contribution in [0.3, 0.4) is 0 Å². The van der Waals surface area contributed by atoms with Crippen LogP contribution >= 0.6 is 0 Å². The lowest BCUT2D eigenvalue weighted by molar-refractivity contribution is 0.0910. The van der Waals surface area contributed by atoms with E-state index in [9.17, 15) is 13.2 Å². The number of hydrogen-bond acceptors (Lipinski definition) is 3. The van der Waals surface area contributed by atoms with Gasteiger partial charge in [-0.1, -0.05) is 52.0 Å². The Morgan fingerprint density at radius 1 is 0.926 bits per heavy atom. The van der Waals surface area contributed by atoms with Gasteiger partial charge >= 0.3 is 0 Å². The zero-order valence-corrected chi connectivity index (χ0v) is 17.3. The molecule has 0 spiro atoms. The lowest BCUT2D eigenvalue weighted by atomic mass is 9.93. The van der Waals surface area contributed by atoms with Gasteiger partial charge in [-0.15, -0.1) is 0 Å². The van der Waals surface area contributed by atoms with E-state index in [1.807, 2.05) is 19.1 Å². The molecule has 0 saturated heterocycles. The first-order valence-electron chi connectivity index (χ1n) is 9.11. The summed E-state index contributed by atoms with van der Waals surface area (Å²) in [5.41, 5.74) is 1.67. The van der Waals surface area contributed by atoms with Gasteiger partial charge in [0.05, 0.1) is 10.6 Å². The first-order valence-corrected chi connectivity index (χ1v) is 10.6. The molecule has 1 amide bonds. The molecule has 0 heterocycles. The Kier molecular flexibility index (Phi) is 6.65. The molecule has 0 bridgehead atoms. The van der Waals surface area contributed by atoms with Crippen LogP contribution in [0.15, 0.2) is 53.4 Å². The van der Waals surface area contributed by atoms with Crippen molar-refractivity contribution >= 4 is 21.6 Å². The van der Waals surface area contributed by atoms with Crippen molar-refractivity contribution in [3.8, 4) is 0 Å². The molecule has 2 N–H and O–H groups in total. The van der Waals surface area contributed by atoms with E-state index in [0.717, 1.165) is 5.56 Å². The molecule has 146 valence electrons. The normalized spacial score (nSPS) is 11.9. The predicted octanol–water partition coefficient (Wildman–Crippen LogP) is 4.21. The third-order valence-electron chi connectivity index (χ3n) is 4.53. The van der Waals surface area contributed by atoms with Crippen LogP contribution in [0.5, 0.6) is 0 Å². The van der Waals surface area contributed by atoms with Crippen LogP contribution in [-0.2, 0) is 10.0 Å². The Morgan fingerprint density at radius 2 is 1.56 bits per heavy atom. The lowest BCUT2D eigenvalue weighted by Crippen LogP contribution is -2.42. The zero-order valence-electron chi connectivity index (χ0n) is 16.5. The van der Waals surface area contributed by atoms with Crippen LogP contribution in [0.2, 0.25) is 0 Å². The lowest BCUT2D eigenvalue weighted by Gasteiger charge is -2.26. The molecule has 2 rings (SSSR count). The Balaban J connectivity index is 2.26. The number of aryl methyl sites for hydroxylation is 1. The summed E-state index contributed by atoms with van der Waals surface area (Å²) in [6.07, 6.45) is 0. The Morgan fingerprint density at radius 3 is 2.15 bits per heavy atom. The predicted molar refractivity (Wildman–Crippen MR) is 109 cm³/mol. The molecular formula is C21H28N2O3S. The number of rotatable bonds is 7. The second-order valence-electron chi connectivity index (χ2n) is 7.44. The second kappa shape index (κ2) is 8.57.